The molecule has 0 aromatic rings. The Balaban J connectivity index is 3.45. The van der Waals surface area contributed by atoms with Gasteiger partial charge in [-0.25, -0.2) is 0 Å². The Labute approximate surface area is 94.2 Å². The van der Waals surface area contributed by atoms with E-state index in [1.165, 1.54) is 0 Å². The molecule has 0 aliphatic rings. The fraction of sp³-hybridized carbons (Fsp3) is 1.00. The van der Waals surface area contributed by atoms with Gasteiger partial charge in [0.15, 0.2) is 0 Å². The van der Waals surface area contributed by atoms with Crippen molar-refractivity contribution >= 4 is 0 Å². The maximum Gasteiger partial charge on any atom is 0.0637 e. The second-order valence-corrected chi connectivity index (χ2v) is 4.81. The van der Waals surface area contributed by atoms with Gasteiger partial charge in [-0.3, -0.25) is 0 Å². The molecule has 1 unspecified atom stereocenters. The second kappa shape index (κ2) is 8.08. The van der Waals surface area contributed by atoms with E-state index in [4.69, 9.17) is 9.84 Å². The van der Waals surface area contributed by atoms with Crippen molar-refractivity contribution in [1.82, 2.24) is 5.32 Å². The van der Waals surface area contributed by atoms with Gasteiger partial charge in [-0.1, -0.05) is 0 Å². The first kappa shape index (κ1) is 14.9. The SMILES string of the molecule is COC(C)(C)CC(C)NCCCCCO. The van der Waals surface area contributed by atoms with Gasteiger partial charge in [0, 0.05) is 19.8 Å². The van der Waals surface area contributed by atoms with Crippen LogP contribution in [0.15, 0.2) is 0 Å². The molecule has 0 aliphatic carbocycles. The van der Waals surface area contributed by atoms with E-state index in [1.807, 2.05) is 0 Å². The third-order valence-electron chi connectivity index (χ3n) is 2.68. The van der Waals surface area contributed by atoms with Crippen LogP contribution in [0.1, 0.15) is 46.5 Å². The standard InChI is InChI=1S/C12H27NO2/c1-11(10-12(2,3)15-4)13-8-6-5-7-9-14/h11,13-14H,5-10H2,1-4H3. The highest BCUT2D eigenvalue weighted by atomic mass is 16.5. The van der Waals surface area contributed by atoms with Crippen LogP contribution in [0.3, 0.4) is 0 Å². The summed E-state index contributed by atoms with van der Waals surface area (Å²) in [4.78, 5) is 0. The van der Waals surface area contributed by atoms with Gasteiger partial charge in [0.25, 0.3) is 0 Å². The molecule has 0 saturated carbocycles. The number of rotatable bonds is 9. The molecule has 2 N–H and O–H groups in total. The Morgan fingerprint density at radius 1 is 1.27 bits per heavy atom. The zero-order valence-corrected chi connectivity index (χ0v) is 10.7. The van der Waals surface area contributed by atoms with Gasteiger partial charge in [-0.2, -0.15) is 0 Å². The van der Waals surface area contributed by atoms with Crippen molar-refractivity contribution in [3.8, 4) is 0 Å². The number of nitrogens with one attached hydrogen (secondary N) is 1. The van der Waals surface area contributed by atoms with Crippen LogP contribution in [0, 0.1) is 0 Å². The molecule has 0 amide bonds. The van der Waals surface area contributed by atoms with Crippen LogP contribution in [0.5, 0.6) is 0 Å². The molecule has 0 fully saturated rings. The molecule has 0 aromatic carbocycles. The minimum atomic E-state index is -0.0441. The fourth-order valence-corrected chi connectivity index (χ4v) is 1.65. The predicted octanol–water partition coefficient (Wildman–Crippen LogP) is 1.94. The van der Waals surface area contributed by atoms with E-state index in [1.54, 1.807) is 7.11 Å². The Morgan fingerprint density at radius 2 is 1.93 bits per heavy atom. The van der Waals surface area contributed by atoms with Gasteiger partial charge < -0.3 is 15.2 Å². The summed E-state index contributed by atoms with van der Waals surface area (Å²) in [5.41, 5.74) is -0.0441. The molecule has 0 aromatic heterocycles. The van der Waals surface area contributed by atoms with E-state index in [9.17, 15) is 0 Å². The lowest BCUT2D eigenvalue weighted by atomic mass is 10.00. The first-order chi connectivity index (χ1) is 7.02. The van der Waals surface area contributed by atoms with Gasteiger partial charge in [-0.15, -0.1) is 0 Å². The number of ether oxygens (including phenoxy) is 1. The number of methoxy groups -OCH3 is 1. The molecule has 0 radical (unpaired) electrons. The maximum atomic E-state index is 8.62. The molecule has 0 heterocycles. The van der Waals surface area contributed by atoms with Gasteiger partial charge in [-0.05, 0) is 53.0 Å². The number of hydrogen-bond acceptors (Lipinski definition) is 3. The average molecular weight is 217 g/mol. The number of hydrogen-bond donors (Lipinski definition) is 2. The molecule has 3 heteroatoms. The molecule has 3 nitrogen and oxygen atoms in total. The summed E-state index contributed by atoms with van der Waals surface area (Å²) in [6.45, 7) is 7.74. The Bertz CT molecular complexity index is 149. The highest BCUT2D eigenvalue weighted by molar-refractivity contribution is 4.75. The minimum Gasteiger partial charge on any atom is -0.396 e. The number of unbranched alkanes of at least 4 members (excludes halogenated alkanes) is 2. The molecule has 0 bridgehead atoms. The van der Waals surface area contributed by atoms with E-state index < -0.39 is 0 Å². The summed E-state index contributed by atoms with van der Waals surface area (Å²) in [5.74, 6) is 0. The fourth-order valence-electron chi connectivity index (χ4n) is 1.65. The first-order valence-electron chi connectivity index (χ1n) is 5.91. The summed E-state index contributed by atoms with van der Waals surface area (Å²) in [5, 5.41) is 12.1. The average Bonchev–Trinajstić information content (AvgIpc) is 2.17. The molecule has 0 spiro atoms. The predicted molar refractivity (Wildman–Crippen MR) is 64.1 cm³/mol. The summed E-state index contributed by atoms with van der Waals surface area (Å²) in [6.07, 6.45) is 4.17. The van der Waals surface area contributed by atoms with Gasteiger partial charge in [0.05, 0.1) is 5.60 Å². The van der Waals surface area contributed by atoms with E-state index in [2.05, 4.69) is 26.1 Å². The topological polar surface area (TPSA) is 41.5 Å². The summed E-state index contributed by atoms with van der Waals surface area (Å²) in [6, 6.07) is 0.481. The summed E-state index contributed by atoms with van der Waals surface area (Å²) in [7, 11) is 1.76. The molecule has 0 saturated heterocycles. The maximum absolute atomic E-state index is 8.62. The quantitative estimate of drug-likeness (QED) is 0.580. The smallest absolute Gasteiger partial charge is 0.0637 e. The van der Waals surface area contributed by atoms with Crippen molar-refractivity contribution in [2.45, 2.75) is 58.1 Å². The van der Waals surface area contributed by atoms with Crippen LogP contribution in [-0.2, 0) is 4.74 Å². The Kier molecular flexibility index (Phi) is 8.02. The van der Waals surface area contributed by atoms with Crippen molar-refractivity contribution in [2.24, 2.45) is 0 Å². The van der Waals surface area contributed by atoms with Gasteiger partial charge in [0.2, 0.25) is 0 Å². The normalized spacial score (nSPS) is 14.2. The minimum absolute atomic E-state index is 0.0441. The monoisotopic (exact) mass is 217 g/mol. The molecule has 0 aliphatic heterocycles. The zero-order valence-electron chi connectivity index (χ0n) is 10.7. The lowest BCUT2D eigenvalue weighted by Crippen LogP contribution is -2.36. The number of aliphatic hydroxyl groups is 1. The lowest BCUT2D eigenvalue weighted by Gasteiger charge is -2.27. The van der Waals surface area contributed by atoms with E-state index in [0.717, 1.165) is 32.2 Å². The first-order valence-corrected chi connectivity index (χ1v) is 5.91. The van der Waals surface area contributed by atoms with Crippen molar-refractivity contribution < 1.29 is 9.84 Å². The van der Waals surface area contributed by atoms with E-state index in [-0.39, 0.29) is 5.60 Å². The molecular formula is C12H27NO2. The third kappa shape index (κ3) is 8.85. The Hall–Kier alpha value is -0.120. The van der Waals surface area contributed by atoms with Crippen LogP contribution < -0.4 is 5.32 Å². The number of aliphatic hydroxyl groups excluding tert-OH is 1. The molecule has 92 valence electrons. The van der Waals surface area contributed by atoms with E-state index >= 15 is 0 Å². The summed E-state index contributed by atoms with van der Waals surface area (Å²) >= 11 is 0. The van der Waals surface area contributed by atoms with Crippen LogP contribution in [-0.4, -0.2) is 37.0 Å². The highest BCUT2D eigenvalue weighted by Gasteiger charge is 2.19. The van der Waals surface area contributed by atoms with Crippen molar-refractivity contribution in [1.29, 1.82) is 0 Å². The van der Waals surface area contributed by atoms with Crippen molar-refractivity contribution in [3.63, 3.8) is 0 Å². The van der Waals surface area contributed by atoms with Crippen molar-refractivity contribution in [2.75, 3.05) is 20.3 Å². The lowest BCUT2D eigenvalue weighted by molar-refractivity contribution is 0.00859. The van der Waals surface area contributed by atoms with Gasteiger partial charge in [0.1, 0.15) is 0 Å². The van der Waals surface area contributed by atoms with Gasteiger partial charge >= 0.3 is 0 Å². The molecule has 1 atom stereocenters. The molecule has 0 rings (SSSR count). The molecule has 15 heavy (non-hydrogen) atoms. The van der Waals surface area contributed by atoms with Crippen molar-refractivity contribution in [3.05, 3.63) is 0 Å². The van der Waals surface area contributed by atoms with Crippen LogP contribution in [0.25, 0.3) is 0 Å². The third-order valence-corrected chi connectivity index (χ3v) is 2.68. The summed E-state index contributed by atoms with van der Waals surface area (Å²) < 4.78 is 5.38. The van der Waals surface area contributed by atoms with Crippen LogP contribution in [0.2, 0.25) is 0 Å². The second-order valence-electron chi connectivity index (χ2n) is 4.81. The van der Waals surface area contributed by atoms with E-state index in [0.29, 0.717) is 12.6 Å². The highest BCUT2D eigenvalue weighted by Crippen LogP contribution is 2.15. The largest absolute Gasteiger partial charge is 0.396 e. The van der Waals surface area contributed by atoms with Crippen LogP contribution in [0.4, 0.5) is 0 Å². The molecular weight excluding hydrogens is 190 g/mol. The zero-order chi connectivity index (χ0) is 11.7. The van der Waals surface area contributed by atoms with Crippen LogP contribution >= 0.6 is 0 Å². The Morgan fingerprint density at radius 3 is 2.47 bits per heavy atom.